The topological polar surface area (TPSA) is 71.5 Å². The van der Waals surface area contributed by atoms with Crippen LogP contribution in [0, 0.1) is 0 Å². The van der Waals surface area contributed by atoms with Crippen molar-refractivity contribution in [2.45, 2.75) is 6.54 Å². The Kier molecular flexibility index (Phi) is 4.15. The monoisotopic (exact) mass is 312 g/mol. The summed E-state index contributed by atoms with van der Waals surface area (Å²) in [5.41, 5.74) is 7.22. The Morgan fingerprint density at radius 1 is 1.44 bits per heavy atom. The maximum absolute atomic E-state index is 5.61. The average Bonchev–Trinajstić information content (AvgIpc) is 2.66. The quantitative estimate of drug-likeness (QED) is 0.859. The highest BCUT2D eigenvalue weighted by Crippen LogP contribution is 2.18. The summed E-state index contributed by atoms with van der Waals surface area (Å²) in [4.78, 5) is 6.49. The Morgan fingerprint density at radius 3 is 2.89 bits per heavy atom. The minimum Gasteiger partial charge on any atom is -0.367 e. The summed E-state index contributed by atoms with van der Waals surface area (Å²) in [6.45, 7) is 2.20. The maximum Gasteiger partial charge on any atom is 0.155 e. The van der Waals surface area contributed by atoms with Crippen LogP contribution < -0.4 is 11.1 Å². The number of nitrogens with zero attached hydrogens (tertiary/aromatic N) is 4. The van der Waals surface area contributed by atoms with Crippen LogP contribution in [0.2, 0.25) is 0 Å². The third-order valence-corrected chi connectivity index (χ3v) is 3.34. The predicted octanol–water partition coefficient (Wildman–Crippen LogP) is 0.924. The second-order valence-electron chi connectivity index (χ2n) is 4.27. The lowest BCUT2D eigenvalue weighted by molar-refractivity contribution is 0.425. The first-order valence-electron chi connectivity index (χ1n) is 5.74. The van der Waals surface area contributed by atoms with E-state index >= 15 is 0 Å². The van der Waals surface area contributed by atoms with Crippen LogP contribution in [-0.4, -0.2) is 46.7 Å². The van der Waals surface area contributed by atoms with Crippen molar-refractivity contribution in [3.05, 3.63) is 22.4 Å². The van der Waals surface area contributed by atoms with E-state index in [1.807, 2.05) is 26.2 Å². The van der Waals surface area contributed by atoms with Crippen LogP contribution in [0.25, 0.3) is 5.65 Å². The minimum atomic E-state index is 0.396. The molecule has 0 bridgehead atoms. The van der Waals surface area contributed by atoms with Crippen LogP contribution in [0.1, 0.15) is 5.69 Å². The summed E-state index contributed by atoms with van der Waals surface area (Å²) in [5.74, 6) is 0.825. The molecule has 2 rings (SSSR count). The smallest absolute Gasteiger partial charge is 0.155 e. The van der Waals surface area contributed by atoms with E-state index in [2.05, 4.69) is 36.2 Å². The molecule has 2 aromatic rings. The van der Waals surface area contributed by atoms with E-state index in [4.69, 9.17) is 5.73 Å². The first-order chi connectivity index (χ1) is 8.61. The van der Waals surface area contributed by atoms with Gasteiger partial charge < -0.3 is 16.0 Å². The van der Waals surface area contributed by atoms with Crippen molar-refractivity contribution in [3.63, 3.8) is 0 Å². The van der Waals surface area contributed by atoms with Crippen molar-refractivity contribution in [1.29, 1.82) is 0 Å². The molecule has 2 aromatic heterocycles. The normalized spacial score (nSPS) is 11.4. The number of nitrogens with one attached hydrogen (secondary N) is 1. The Balaban J connectivity index is 2.18. The number of fused-ring (bicyclic) bond motifs is 1. The summed E-state index contributed by atoms with van der Waals surface area (Å²) >= 11 is 3.46. The lowest BCUT2D eigenvalue weighted by Crippen LogP contribution is -2.21. The average molecular weight is 313 g/mol. The molecule has 0 radical (unpaired) electrons. The van der Waals surface area contributed by atoms with Crippen LogP contribution >= 0.6 is 15.9 Å². The number of aromatic nitrogens is 3. The van der Waals surface area contributed by atoms with E-state index in [1.54, 1.807) is 4.52 Å². The molecule has 0 aliphatic rings. The predicted molar refractivity (Wildman–Crippen MR) is 75.6 cm³/mol. The van der Waals surface area contributed by atoms with Gasteiger partial charge in [0, 0.05) is 19.6 Å². The van der Waals surface area contributed by atoms with Gasteiger partial charge in [-0.2, -0.15) is 0 Å². The van der Waals surface area contributed by atoms with Crippen LogP contribution in [0.4, 0.5) is 5.82 Å². The van der Waals surface area contributed by atoms with Gasteiger partial charge in [0.25, 0.3) is 0 Å². The van der Waals surface area contributed by atoms with Crippen molar-refractivity contribution in [2.24, 2.45) is 5.73 Å². The summed E-state index contributed by atoms with van der Waals surface area (Å²) in [5, 5.41) is 7.73. The van der Waals surface area contributed by atoms with Crippen LogP contribution in [0.15, 0.2) is 16.7 Å². The van der Waals surface area contributed by atoms with Gasteiger partial charge in [0.05, 0.1) is 5.69 Å². The van der Waals surface area contributed by atoms with Crippen molar-refractivity contribution < 1.29 is 0 Å². The first kappa shape index (κ1) is 13.3. The third kappa shape index (κ3) is 2.80. The molecule has 0 aliphatic carbocycles. The minimum absolute atomic E-state index is 0.396. The molecule has 0 unspecified atom stereocenters. The molecule has 6 nitrogen and oxygen atoms in total. The van der Waals surface area contributed by atoms with Gasteiger partial charge in [0.15, 0.2) is 5.65 Å². The van der Waals surface area contributed by atoms with E-state index < -0.39 is 0 Å². The lowest BCUT2D eigenvalue weighted by Gasteiger charge is -2.10. The lowest BCUT2D eigenvalue weighted by atomic mass is 10.5. The SMILES string of the molecule is CN(C)CCNc1ccc2nc(CN)c(Br)n2n1. The van der Waals surface area contributed by atoms with Crippen molar-refractivity contribution in [1.82, 2.24) is 19.5 Å². The molecule has 0 saturated heterocycles. The van der Waals surface area contributed by atoms with Crippen molar-refractivity contribution in [3.8, 4) is 0 Å². The van der Waals surface area contributed by atoms with Gasteiger partial charge in [0.2, 0.25) is 0 Å². The molecular weight excluding hydrogens is 296 g/mol. The Morgan fingerprint density at radius 2 is 2.22 bits per heavy atom. The fraction of sp³-hybridized carbons (Fsp3) is 0.455. The van der Waals surface area contributed by atoms with Gasteiger partial charge in [-0.15, -0.1) is 5.10 Å². The van der Waals surface area contributed by atoms with E-state index in [0.717, 1.165) is 34.9 Å². The van der Waals surface area contributed by atoms with Crippen molar-refractivity contribution in [2.75, 3.05) is 32.5 Å². The molecule has 18 heavy (non-hydrogen) atoms. The fourth-order valence-electron chi connectivity index (χ4n) is 1.58. The summed E-state index contributed by atoms with van der Waals surface area (Å²) in [6, 6.07) is 3.85. The molecule has 0 aliphatic heterocycles. The fourth-order valence-corrected chi connectivity index (χ4v) is 2.10. The van der Waals surface area contributed by atoms with Gasteiger partial charge in [-0.3, -0.25) is 0 Å². The van der Waals surface area contributed by atoms with Crippen LogP contribution in [-0.2, 0) is 6.54 Å². The second kappa shape index (κ2) is 5.64. The van der Waals surface area contributed by atoms with Gasteiger partial charge in [-0.1, -0.05) is 0 Å². The zero-order chi connectivity index (χ0) is 13.1. The highest BCUT2D eigenvalue weighted by atomic mass is 79.9. The summed E-state index contributed by atoms with van der Waals surface area (Å²) in [6.07, 6.45) is 0. The second-order valence-corrected chi connectivity index (χ2v) is 5.02. The van der Waals surface area contributed by atoms with Crippen LogP contribution in [0.3, 0.4) is 0 Å². The highest BCUT2D eigenvalue weighted by Gasteiger charge is 2.09. The van der Waals surface area contributed by atoms with E-state index in [0.29, 0.717) is 6.54 Å². The number of hydrogen-bond donors (Lipinski definition) is 2. The molecule has 3 N–H and O–H groups in total. The molecule has 0 spiro atoms. The molecule has 0 fully saturated rings. The molecule has 0 atom stereocenters. The molecule has 2 heterocycles. The summed E-state index contributed by atoms with van der Waals surface area (Å²) < 4.78 is 2.57. The van der Waals surface area contributed by atoms with Gasteiger partial charge in [0.1, 0.15) is 10.4 Å². The Labute approximate surface area is 114 Å². The van der Waals surface area contributed by atoms with E-state index in [-0.39, 0.29) is 0 Å². The molecule has 98 valence electrons. The van der Waals surface area contributed by atoms with Crippen LogP contribution in [0.5, 0.6) is 0 Å². The maximum atomic E-state index is 5.61. The number of imidazole rings is 1. The highest BCUT2D eigenvalue weighted by molar-refractivity contribution is 9.10. The summed E-state index contributed by atoms with van der Waals surface area (Å²) in [7, 11) is 4.08. The molecule has 0 amide bonds. The number of nitrogens with two attached hydrogens (primary N) is 1. The molecule has 0 saturated carbocycles. The first-order valence-corrected chi connectivity index (χ1v) is 6.54. The number of hydrogen-bond acceptors (Lipinski definition) is 5. The number of halogens is 1. The number of anilines is 1. The van der Waals surface area contributed by atoms with Gasteiger partial charge in [-0.05, 0) is 42.2 Å². The van der Waals surface area contributed by atoms with E-state index in [9.17, 15) is 0 Å². The zero-order valence-corrected chi connectivity index (χ0v) is 12.1. The molecule has 0 aromatic carbocycles. The molecule has 7 heteroatoms. The Bertz CT molecular complexity index is 536. The molecular formula is C11H17BrN6. The van der Waals surface area contributed by atoms with Gasteiger partial charge in [-0.25, -0.2) is 9.50 Å². The third-order valence-electron chi connectivity index (χ3n) is 2.55. The standard InChI is InChI=1S/C11H17BrN6/c1-17(2)6-5-14-9-3-4-10-15-8(7-13)11(12)18(10)16-9/h3-4H,5-7,13H2,1-2H3,(H,14,16). The zero-order valence-electron chi connectivity index (χ0n) is 10.5. The number of likely N-dealkylation sites (N-methyl/N-ethyl adjacent to an activating group) is 1. The van der Waals surface area contributed by atoms with Crippen molar-refractivity contribution >= 4 is 27.4 Å². The largest absolute Gasteiger partial charge is 0.367 e. The van der Waals surface area contributed by atoms with E-state index in [1.165, 1.54) is 0 Å². The van der Waals surface area contributed by atoms with Gasteiger partial charge >= 0.3 is 0 Å². The number of rotatable bonds is 5. The Hall–Kier alpha value is -1.18.